The van der Waals surface area contributed by atoms with E-state index in [2.05, 4.69) is 10.2 Å². The Morgan fingerprint density at radius 3 is 2.22 bits per heavy atom. The maximum atomic E-state index is 11.5. The van der Waals surface area contributed by atoms with Gasteiger partial charge in [0, 0.05) is 5.56 Å². The summed E-state index contributed by atoms with van der Waals surface area (Å²) in [7, 11) is -4.49. The molecule has 0 unspecified atom stereocenters. The Kier molecular flexibility index (Phi) is 4.14. The van der Waals surface area contributed by atoms with Crippen LogP contribution in [0, 0.1) is 0 Å². The quantitative estimate of drug-likeness (QED) is 0.702. The molecular weight excluding hydrogens is 316 g/mol. The molecule has 3 aromatic rings. The fraction of sp³-hybridized carbons (Fsp3) is 0.0625. The third-order valence-corrected chi connectivity index (χ3v) is 3.99. The summed E-state index contributed by atoms with van der Waals surface area (Å²) in [4.78, 5) is 0. The minimum atomic E-state index is -4.49. The molecule has 0 fully saturated rings. The topological polar surface area (TPSA) is 92.3 Å². The normalized spacial score (nSPS) is 11.3. The van der Waals surface area contributed by atoms with Crippen molar-refractivity contribution in [2.24, 2.45) is 0 Å². The Balaban J connectivity index is 2.00. The lowest BCUT2D eigenvalue weighted by Crippen LogP contribution is -2.03. The number of aromatic amines is 1. The van der Waals surface area contributed by atoms with Crippen LogP contribution in [0.5, 0.6) is 5.75 Å². The van der Waals surface area contributed by atoms with Crippen molar-refractivity contribution in [3.05, 3.63) is 66.2 Å². The van der Waals surface area contributed by atoms with Crippen molar-refractivity contribution >= 4 is 10.1 Å². The van der Waals surface area contributed by atoms with Crippen molar-refractivity contribution in [1.82, 2.24) is 10.2 Å². The van der Waals surface area contributed by atoms with Crippen LogP contribution in [0.3, 0.4) is 0 Å². The molecule has 1 heterocycles. The lowest BCUT2D eigenvalue weighted by atomic mass is 10.1. The van der Waals surface area contributed by atoms with Crippen LogP contribution in [-0.4, -0.2) is 23.2 Å². The van der Waals surface area contributed by atoms with Gasteiger partial charge in [-0.3, -0.25) is 9.65 Å². The lowest BCUT2D eigenvalue weighted by Gasteiger charge is -2.08. The predicted molar refractivity (Wildman–Crippen MR) is 84.6 cm³/mol. The number of nitrogens with zero attached hydrogens (tertiary/aromatic N) is 1. The Morgan fingerprint density at radius 1 is 1.00 bits per heavy atom. The summed E-state index contributed by atoms with van der Waals surface area (Å²) in [5, 5.41) is 5.79. The first-order valence-electron chi connectivity index (χ1n) is 6.83. The molecule has 2 N–H and O–H groups in total. The molecule has 3 rings (SSSR count). The monoisotopic (exact) mass is 330 g/mol. The molecule has 0 aliphatic heterocycles. The average Bonchev–Trinajstić information content (AvgIpc) is 2.99. The van der Waals surface area contributed by atoms with Gasteiger partial charge in [0.15, 0.2) is 5.75 Å². The summed E-state index contributed by atoms with van der Waals surface area (Å²) in [6.45, 7) is 0.155. The fourth-order valence-electron chi connectivity index (χ4n) is 2.15. The van der Waals surface area contributed by atoms with E-state index in [4.69, 9.17) is 4.74 Å². The molecule has 6 nitrogen and oxygen atoms in total. The summed E-state index contributed by atoms with van der Waals surface area (Å²) >= 11 is 0. The standard InChI is InChI=1S/C16H14N2O4S/c19-23(20,21)16-15(22-11-12-7-3-1-4-8-12)14(17-18-16)13-9-5-2-6-10-13/h1-10H,11H2,(H,17,18)(H,19,20,21). The van der Waals surface area contributed by atoms with E-state index in [9.17, 15) is 13.0 Å². The zero-order valence-corrected chi connectivity index (χ0v) is 12.8. The molecule has 7 heteroatoms. The van der Waals surface area contributed by atoms with Crippen molar-refractivity contribution in [3.8, 4) is 17.0 Å². The Bertz CT molecular complexity index is 890. The minimum Gasteiger partial charge on any atom is -0.483 e. The maximum Gasteiger partial charge on any atom is 0.317 e. The van der Waals surface area contributed by atoms with Crippen molar-refractivity contribution in [2.45, 2.75) is 11.6 Å². The van der Waals surface area contributed by atoms with Crippen molar-refractivity contribution < 1.29 is 17.7 Å². The highest BCUT2D eigenvalue weighted by atomic mass is 32.2. The van der Waals surface area contributed by atoms with E-state index < -0.39 is 15.1 Å². The van der Waals surface area contributed by atoms with E-state index in [0.29, 0.717) is 11.3 Å². The van der Waals surface area contributed by atoms with Crippen LogP contribution in [0.4, 0.5) is 0 Å². The van der Waals surface area contributed by atoms with Crippen LogP contribution in [-0.2, 0) is 16.7 Å². The molecule has 0 aliphatic rings. The van der Waals surface area contributed by atoms with Gasteiger partial charge in [-0.2, -0.15) is 13.5 Å². The van der Waals surface area contributed by atoms with Crippen LogP contribution in [0.1, 0.15) is 5.56 Å². The second kappa shape index (κ2) is 6.23. The first-order chi connectivity index (χ1) is 11.1. The van der Waals surface area contributed by atoms with E-state index in [0.717, 1.165) is 5.56 Å². The summed E-state index contributed by atoms with van der Waals surface area (Å²) in [6, 6.07) is 18.3. The Morgan fingerprint density at radius 2 is 1.61 bits per heavy atom. The summed E-state index contributed by atoms with van der Waals surface area (Å²) in [5.41, 5.74) is 1.97. The average molecular weight is 330 g/mol. The molecule has 0 bridgehead atoms. The third kappa shape index (κ3) is 3.41. The number of hydrogen-bond acceptors (Lipinski definition) is 4. The Labute approximate surface area is 133 Å². The molecule has 23 heavy (non-hydrogen) atoms. The SMILES string of the molecule is O=S(=O)(O)c1n[nH]c(-c2ccccc2)c1OCc1ccccc1. The van der Waals surface area contributed by atoms with Gasteiger partial charge in [0.2, 0.25) is 5.03 Å². The van der Waals surface area contributed by atoms with Crippen molar-refractivity contribution in [1.29, 1.82) is 0 Å². The summed E-state index contributed by atoms with van der Waals surface area (Å²) in [6.07, 6.45) is 0. The largest absolute Gasteiger partial charge is 0.483 e. The number of aromatic nitrogens is 2. The smallest absolute Gasteiger partial charge is 0.317 e. The van der Waals surface area contributed by atoms with Gasteiger partial charge in [-0.15, -0.1) is 0 Å². The number of hydrogen-bond donors (Lipinski definition) is 2. The molecule has 0 spiro atoms. The maximum absolute atomic E-state index is 11.5. The van der Waals surface area contributed by atoms with Crippen LogP contribution < -0.4 is 4.74 Å². The van der Waals surface area contributed by atoms with Crippen LogP contribution in [0.2, 0.25) is 0 Å². The van der Waals surface area contributed by atoms with E-state index in [1.54, 1.807) is 12.1 Å². The molecule has 0 aliphatic carbocycles. The van der Waals surface area contributed by atoms with Crippen LogP contribution in [0.15, 0.2) is 65.7 Å². The number of benzene rings is 2. The van der Waals surface area contributed by atoms with Crippen LogP contribution in [0.25, 0.3) is 11.3 Å². The number of nitrogens with one attached hydrogen (secondary N) is 1. The first-order valence-corrected chi connectivity index (χ1v) is 8.28. The third-order valence-electron chi connectivity index (χ3n) is 3.22. The van der Waals surface area contributed by atoms with Crippen molar-refractivity contribution in [2.75, 3.05) is 0 Å². The predicted octanol–water partition coefficient (Wildman–Crippen LogP) is 2.90. The van der Waals surface area contributed by atoms with Gasteiger partial charge in [0.1, 0.15) is 12.3 Å². The molecular formula is C16H14N2O4S. The van der Waals surface area contributed by atoms with Gasteiger partial charge >= 0.3 is 10.1 Å². The fourth-order valence-corrected chi connectivity index (χ4v) is 2.71. The van der Waals surface area contributed by atoms with Crippen molar-refractivity contribution in [3.63, 3.8) is 0 Å². The zero-order chi connectivity index (χ0) is 16.3. The van der Waals surface area contributed by atoms with Crippen LogP contribution >= 0.6 is 0 Å². The van der Waals surface area contributed by atoms with Gasteiger partial charge in [-0.05, 0) is 5.56 Å². The van der Waals surface area contributed by atoms with Gasteiger partial charge in [-0.25, -0.2) is 0 Å². The van der Waals surface area contributed by atoms with E-state index in [-0.39, 0.29) is 12.4 Å². The molecule has 0 saturated heterocycles. The van der Waals surface area contributed by atoms with E-state index in [1.807, 2.05) is 48.5 Å². The second-order valence-corrected chi connectivity index (χ2v) is 6.19. The molecule has 0 saturated carbocycles. The number of rotatable bonds is 5. The lowest BCUT2D eigenvalue weighted by molar-refractivity contribution is 0.297. The number of ether oxygens (including phenoxy) is 1. The Hall–Kier alpha value is -2.64. The first kappa shape index (κ1) is 15.3. The van der Waals surface area contributed by atoms with E-state index >= 15 is 0 Å². The highest BCUT2D eigenvalue weighted by molar-refractivity contribution is 7.85. The highest BCUT2D eigenvalue weighted by Gasteiger charge is 2.25. The number of H-pyrrole nitrogens is 1. The summed E-state index contributed by atoms with van der Waals surface area (Å²) in [5.74, 6) is 0.00236. The summed E-state index contributed by atoms with van der Waals surface area (Å²) < 4.78 is 38.0. The minimum absolute atomic E-state index is 0.00236. The van der Waals surface area contributed by atoms with Gasteiger partial charge in [0.05, 0.1) is 0 Å². The highest BCUT2D eigenvalue weighted by Crippen LogP contribution is 2.34. The van der Waals surface area contributed by atoms with Gasteiger partial charge < -0.3 is 4.74 Å². The molecule has 1 aromatic heterocycles. The second-order valence-electron chi connectivity index (χ2n) is 4.85. The van der Waals surface area contributed by atoms with Gasteiger partial charge in [-0.1, -0.05) is 60.7 Å². The molecule has 0 atom stereocenters. The zero-order valence-electron chi connectivity index (χ0n) is 12.0. The van der Waals surface area contributed by atoms with E-state index in [1.165, 1.54) is 0 Å². The molecule has 118 valence electrons. The molecule has 0 amide bonds. The molecule has 2 aromatic carbocycles. The van der Waals surface area contributed by atoms with Gasteiger partial charge in [0.25, 0.3) is 0 Å². The molecule has 0 radical (unpaired) electrons.